The maximum atomic E-state index is 4.87. The molecule has 0 radical (unpaired) electrons. The molecule has 1 unspecified atom stereocenters. The number of hydrogen-bond donors (Lipinski definition) is 0. The van der Waals surface area contributed by atoms with Gasteiger partial charge < -0.3 is 0 Å². The average molecular weight is 712 g/mol. The standard InChI is InChI=1S/C26H25N.C13H15P.C12H14/c1-19-15-20(2)17-25(16-19)21(3)18-26(24-13-9-6-10-14-24)27-22(4)23-11-7-5-8-12-23;1-10-5-3-4-6-12(10)13-7-8-14-9-11(13)2;1-4-10(2)9-12-8-6-5-7-11(12)3/h5-18H,4H2,1-3H3;3-8,14H,9H2,1-2H3;4-9H,1H2,2-3H3/b21-18+,27-26?;;10-9+. The molecule has 1 aliphatic heterocycles. The number of nitrogens with zero attached hydrogens (tertiary/aromatic N) is 1. The zero-order valence-corrected chi connectivity index (χ0v) is 33.6. The van der Waals surface area contributed by atoms with E-state index in [1.807, 2.05) is 54.6 Å². The van der Waals surface area contributed by atoms with Crippen LogP contribution < -0.4 is 0 Å². The van der Waals surface area contributed by atoms with Gasteiger partial charge in [-0.3, -0.25) is 0 Å². The molecule has 0 saturated carbocycles. The lowest BCUT2D eigenvalue weighted by molar-refractivity contribution is 1.36. The summed E-state index contributed by atoms with van der Waals surface area (Å²) in [6, 6.07) is 43.9. The van der Waals surface area contributed by atoms with Gasteiger partial charge in [0.1, 0.15) is 0 Å². The van der Waals surface area contributed by atoms with Crippen molar-refractivity contribution < 1.29 is 0 Å². The van der Waals surface area contributed by atoms with Crippen molar-refractivity contribution in [2.24, 2.45) is 4.99 Å². The molecule has 1 heterocycles. The molecular weight excluding hydrogens is 658 g/mol. The fourth-order valence-corrected chi connectivity index (χ4v) is 6.86. The van der Waals surface area contributed by atoms with Crippen LogP contribution in [-0.4, -0.2) is 11.9 Å². The van der Waals surface area contributed by atoms with Crippen molar-refractivity contribution in [1.82, 2.24) is 0 Å². The molecule has 0 bridgehead atoms. The van der Waals surface area contributed by atoms with Gasteiger partial charge in [0, 0.05) is 5.56 Å². The molecule has 1 aliphatic rings. The third-order valence-corrected chi connectivity index (χ3v) is 10.1. The van der Waals surface area contributed by atoms with Crippen molar-refractivity contribution in [3.8, 4) is 0 Å². The number of aliphatic imine (C=N–C) groups is 1. The minimum atomic E-state index is 0.763. The number of hydrogen-bond acceptors (Lipinski definition) is 1. The first-order valence-electron chi connectivity index (χ1n) is 18.2. The van der Waals surface area contributed by atoms with Gasteiger partial charge in [0.25, 0.3) is 0 Å². The van der Waals surface area contributed by atoms with Crippen LogP contribution in [0.3, 0.4) is 0 Å². The third kappa shape index (κ3) is 12.7. The van der Waals surface area contributed by atoms with Crippen molar-refractivity contribution in [3.05, 3.63) is 226 Å². The van der Waals surface area contributed by atoms with Crippen LogP contribution >= 0.6 is 8.58 Å². The molecule has 5 aromatic carbocycles. The SMILES string of the molecule is C=C(N=C(/C=C(\C)c1cc(C)cc(C)c1)c1ccccc1)c1ccccc1.C=C/C(C)=C/c1ccccc1C.CC1=C(c2ccccc2C)C=CPC1. The second-order valence-corrected chi connectivity index (χ2v) is 14.6. The minimum Gasteiger partial charge on any atom is -0.248 e. The summed E-state index contributed by atoms with van der Waals surface area (Å²) in [5.74, 6) is 2.30. The lowest BCUT2D eigenvalue weighted by atomic mass is 9.97. The fourth-order valence-electron chi connectivity index (χ4n) is 5.96. The molecule has 0 amide bonds. The van der Waals surface area contributed by atoms with Gasteiger partial charge in [0.05, 0.1) is 11.4 Å². The molecule has 2 heteroatoms. The molecule has 5 aromatic rings. The maximum absolute atomic E-state index is 4.87. The van der Waals surface area contributed by atoms with Gasteiger partial charge in [0.15, 0.2) is 0 Å². The van der Waals surface area contributed by atoms with Crippen LogP contribution in [0.1, 0.15) is 70.8 Å². The van der Waals surface area contributed by atoms with Gasteiger partial charge in [-0.2, -0.15) is 0 Å². The average Bonchev–Trinajstić information content (AvgIpc) is 3.17. The fraction of sp³-hybridized carbons (Fsp3) is 0.157. The van der Waals surface area contributed by atoms with E-state index in [0.717, 1.165) is 31.1 Å². The van der Waals surface area contributed by atoms with Crippen molar-refractivity contribution in [1.29, 1.82) is 0 Å². The molecule has 6 rings (SSSR count). The Hall–Kier alpha value is -5.36. The monoisotopic (exact) mass is 711 g/mol. The third-order valence-electron chi connectivity index (χ3n) is 8.99. The van der Waals surface area contributed by atoms with Crippen molar-refractivity contribution >= 4 is 37.2 Å². The Morgan fingerprint density at radius 1 is 0.660 bits per heavy atom. The summed E-state index contributed by atoms with van der Waals surface area (Å²) in [6.07, 6.45) is 9.67. The number of aryl methyl sites for hydroxylation is 4. The Morgan fingerprint density at radius 3 is 1.81 bits per heavy atom. The van der Waals surface area contributed by atoms with Gasteiger partial charge in [-0.15, -0.1) is 0 Å². The quantitative estimate of drug-likeness (QED) is 0.0863. The summed E-state index contributed by atoms with van der Waals surface area (Å²) in [4.78, 5) is 4.87. The van der Waals surface area contributed by atoms with E-state index in [2.05, 4.69) is 165 Å². The predicted octanol–water partition coefficient (Wildman–Crippen LogP) is 14.4. The zero-order valence-electron chi connectivity index (χ0n) is 32.6. The van der Waals surface area contributed by atoms with Crippen LogP contribution in [0.4, 0.5) is 0 Å². The Balaban J connectivity index is 0.000000201. The molecule has 0 fully saturated rings. The van der Waals surface area contributed by atoms with Crippen LogP contribution in [0.2, 0.25) is 0 Å². The first kappa shape index (κ1) is 40.4. The van der Waals surface area contributed by atoms with E-state index >= 15 is 0 Å². The van der Waals surface area contributed by atoms with Crippen molar-refractivity contribution in [2.45, 2.75) is 48.5 Å². The highest BCUT2D eigenvalue weighted by molar-refractivity contribution is 7.42. The molecule has 0 N–H and O–H groups in total. The molecular formula is C51H54NP. The summed E-state index contributed by atoms with van der Waals surface area (Å²) in [6.45, 7) is 22.9. The van der Waals surface area contributed by atoms with Gasteiger partial charge in [-0.05, 0) is 105 Å². The minimum absolute atomic E-state index is 0.763. The normalized spacial score (nSPS) is 13.5. The van der Waals surface area contributed by atoms with Gasteiger partial charge in [-0.25, -0.2) is 4.99 Å². The van der Waals surface area contributed by atoms with E-state index in [0.29, 0.717) is 0 Å². The molecule has 0 saturated heterocycles. The lowest BCUT2D eigenvalue weighted by Gasteiger charge is -2.14. The summed E-state index contributed by atoms with van der Waals surface area (Å²) in [5.41, 5.74) is 18.2. The molecule has 53 heavy (non-hydrogen) atoms. The Kier molecular flexibility index (Phi) is 15.7. The highest BCUT2D eigenvalue weighted by atomic mass is 31.1. The maximum Gasteiger partial charge on any atom is 0.0712 e. The molecule has 0 aromatic heterocycles. The van der Waals surface area contributed by atoms with Crippen LogP contribution in [0.25, 0.3) is 22.9 Å². The number of allylic oxidation sites excluding steroid dienone is 7. The summed E-state index contributed by atoms with van der Waals surface area (Å²) < 4.78 is 0. The molecule has 1 nitrogen and oxygen atoms in total. The molecule has 268 valence electrons. The Bertz CT molecular complexity index is 2140. The van der Waals surface area contributed by atoms with Gasteiger partial charge in [0.2, 0.25) is 0 Å². The van der Waals surface area contributed by atoms with E-state index in [4.69, 9.17) is 4.99 Å². The number of rotatable bonds is 8. The van der Waals surface area contributed by atoms with Gasteiger partial charge in [-0.1, -0.05) is 195 Å². The highest BCUT2D eigenvalue weighted by Gasteiger charge is 2.08. The Morgan fingerprint density at radius 2 is 1.23 bits per heavy atom. The van der Waals surface area contributed by atoms with E-state index in [1.54, 1.807) is 0 Å². The van der Waals surface area contributed by atoms with E-state index < -0.39 is 0 Å². The van der Waals surface area contributed by atoms with E-state index in [-0.39, 0.29) is 0 Å². The number of benzene rings is 5. The second kappa shape index (κ2) is 20.6. The van der Waals surface area contributed by atoms with Crippen LogP contribution in [0, 0.1) is 27.7 Å². The van der Waals surface area contributed by atoms with Crippen molar-refractivity contribution in [2.75, 3.05) is 6.16 Å². The topological polar surface area (TPSA) is 12.4 Å². The van der Waals surface area contributed by atoms with Gasteiger partial charge >= 0.3 is 0 Å². The first-order chi connectivity index (χ1) is 25.5. The summed E-state index contributed by atoms with van der Waals surface area (Å²) in [7, 11) is 0.971. The van der Waals surface area contributed by atoms with Crippen LogP contribution in [0.15, 0.2) is 181 Å². The Labute approximate surface area is 321 Å². The van der Waals surface area contributed by atoms with E-state index in [9.17, 15) is 0 Å². The largest absolute Gasteiger partial charge is 0.248 e. The zero-order chi connectivity index (χ0) is 38.2. The lowest BCUT2D eigenvalue weighted by Crippen LogP contribution is -1.99. The summed E-state index contributed by atoms with van der Waals surface area (Å²) >= 11 is 0. The molecule has 1 atom stereocenters. The van der Waals surface area contributed by atoms with E-state index in [1.165, 1.54) is 67.4 Å². The van der Waals surface area contributed by atoms with Crippen LogP contribution in [0.5, 0.6) is 0 Å². The smallest absolute Gasteiger partial charge is 0.0712 e. The van der Waals surface area contributed by atoms with Crippen LogP contribution in [-0.2, 0) is 0 Å². The summed E-state index contributed by atoms with van der Waals surface area (Å²) in [5, 5.41) is 0. The second-order valence-electron chi connectivity index (χ2n) is 13.6. The highest BCUT2D eigenvalue weighted by Crippen LogP contribution is 2.32. The first-order valence-corrected chi connectivity index (χ1v) is 19.5. The predicted molar refractivity (Wildman–Crippen MR) is 239 cm³/mol. The molecule has 0 aliphatic carbocycles. The molecule has 0 spiro atoms. The van der Waals surface area contributed by atoms with Crippen molar-refractivity contribution in [3.63, 3.8) is 0 Å².